The third kappa shape index (κ3) is 1.76. The molecule has 1 rings (SSSR count). The molecular formula is C9H8N2O2. The standard InChI is InChI=1S/C9H8N2O2/c1-11-6-3-4-8(10)7(5-6)9(12)13-2/h3-5H,10H2,2H3. The minimum atomic E-state index is -0.525. The molecule has 0 aliphatic carbocycles. The number of esters is 1. The number of hydrogen-bond acceptors (Lipinski definition) is 3. The zero-order chi connectivity index (χ0) is 9.84. The fourth-order valence-electron chi connectivity index (χ4n) is 0.901. The number of nitrogen functional groups attached to an aromatic ring is 1. The van der Waals surface area contributed by atoms with Gasteiger partial charge in [-0.2, -0.15) is 0 Å². The molecule has 1 aromatic rings. The molecule has 0 amide bonds. The van der Waals surface area contributed by atoms with Gasteiger partial charge in [0.1, 0.15) is 0 Å². The van der Waals surface area contributed by atoms with Crippen LogP contribution in [0.1, 0.15) is 10.4 Å². The lowest BCUT2D eigenvalue weighted by Gasteiger charge is -2.02. The molecule has 0 radical (unpaired) electrons. The van der Waals surface area contributed by atoms with Crippen molar-refractivity contribution in [2.45, 2.75) is 0 Å². The number of hydrogen-bond donors (Lipinski definition) is 1. The zero-order valence-electron chi connectivity index (χ0n) is 7.07. The second-order valence-electron chi connectivity index (χ2n) is 2.37. The maximum Gasteiger partial charge on any atom is 0.338 e. The van der Waals surface area contributed by atoms with Gasteiger partial charge >= 0.3 is 5.97 Å². The van der Waals surface area contributed by atoms with Crippen molar-refractivity contribution in [2.75, 3.05) is 12.8 Å². The second kappa shape index (κ2) is 3.59. The van der Waals surface area contributed by atoms with E-state index in [1.807, 2.05) is 0 Å². The van der Waals surface area contributed by atoms with Gasteiger partial charge in [-0.15, -0.1) is 0 Å². The summed E-state index contributed by atoms with van der Waals surface area (Å²) in [6.07, 6.45) is 0. The molecule has 4 heteroatoms. The highest BCUT2D eigenvalue weighted by atomic mass is 16.5. The number of nitrogens with zero attached hydrogens (tertiary/aromatic N) is 1. The van der Waals surface area contributed by atoms with Gasteiger partial charge in [0, 0.05) is 5.69 Å². The van der Waals surface area contributed by atoms with E-state index < -0.39 is 5.97 Å². The third-order valence-corrected chi connectivity index (χ3v) is 1.57. The van der Waals surface area contributed by atoms with E-state index in [0.29, 0.717) is 11.4 Å². The van der Waals surface area contributed by atoms with Crippen molar-refractivity contribution < 1.29 is 9.53 Å². The molecule has 4 nitrogen and oxygen atoms in total. The summed E-state index contributed by atoms with van der Waals surface area (Å²) < 4.78 is 4.49. The molecule has 13 heavy (non-hydrogen) atoms. The molecule has 66 valence electrons. The van der Waals surface area contributed by atoms with Crippen LogP contribution >= 0.6 is 0 Å². The Bertz CT molecular complexity index is 380. The molecule has 0 unspecified atom stereocenters. The molecular weight excluding hydrogens is 168 g/mol. The molecule has 0 spiro atoms. The number of carbonyl (C=O) groups is 1. The summed E-state index contributed by atoms with van der Waals surface area (Å²) in [6, 6.07) is 4.47. The van der Waals surface area contributed by atoms with Crippen LogP contribution in [0.25, 0.3) is 4.85 Å². The van der Waals surface area contributed by atoms with Crippen molar-refractivity contribution in [3.05, 3.63) is 35.2 Å². The molecule has 0 fully saturated rings. The number of anilines is 1. The minimum Gasteiger partial charge on any atom is -0.465 e. The Hall–Kier alpha value is -2.02. The molecule has 1 aromatic carbocycles. The molecule has 0 aliphatic heterocycles. The van der Waals surface area contributed by atoms with Crippen molar-refractivity contribution in [2.24, 2.45) is 0 Å². The van der Waals surface area contributed by atoms with Gasteiger partial charge in [-0.25, -0.2) is 9.64 Å². The van der Waals surface area contributed by atoms with Crippen LogP contribution in [0.3, 0.4) is 0 Å². The Labute approximate surface area is 75.7 Å². The maximum absolute atomic E-state index is 11.1. The molecule has 0 aliphatic rings. The number of ether oxygens (including phenoxy) is 1. The lowest BCUT2D eigenvalue weighted by Crippen LogP contribution is -2.04. The zero-order valence-corrected chi connectivity index (χ0v) is 7.07. The van der Waals surface area contributed by atoms with Crippen LogP contribution < -0.4 is 5.73 Å². The van der Waals surface area contributed by atoms with Crippen LogP contribution in [-0.4, -0.2) is 13.1 Å². The summed E-state index contributed by atoms with van der Waals surface area (Å²) in [5, 5.41) is 0. The Morgan fingerprint density at radius 2 is 2.31 bits per heavy atom. The van der Waals surface area contributed by atoms with Crippen molar-refractivity contribution in [1.29, 1.82) is 0 Å². The Morgan fingerprint density at radius 1 is 1.62 bits per heavy atom. The van der Waals surface area contributed by atoms with Crippen molar-refractivity contribution in [3.63, 3.8) is 0 Å². The Balaban J connectivity index is 3.20. The van der Waals surface area contributed by atoms with Crippen molar-refractivity contribution in [3.8, 4) is 0 Å². The summed E-state index contributed by atoms with van der Waals surface area (Å²) in [4.78, 5) is 14.3. The van der Waals surface area contributed by atoms with Crippen molar-refractivity contribution in [1.82, 2.24) is 0 Å². The van der Waals surface area contributed by atoms with E-state index in [9.17, 15) is 4.79 Å². The van der Waals surface area contributed by atoms with Crippen LogP contribution in [0, 0.1) is 6.57 Å². The Kier molecular flexibility index (Phi) is 2.50. The van der Waals surface area contributed by atoms with Crippen LogP contribution in [0.5, 0.6) is 0 Å². The molecule has 0 bridgehead atoms. The van der Waals surface area contributed by atoms with Gasteiger partial charge in [0.25, 0.3) is 0 Å². The summed E-state index contributed by atoms with van der Waals surface area (Å²) in [5.41, 5.74) is 6.44. The molecule has 0 atom stereocenters. The number of nitrogens with two attached hydrogens (primary N) is 1. The smallest absolute Gasteiger partial charge is 0.338 e. The molecule has 0 heterocycles. The average Bonchev–Trinajstić information content (AvgIpc) is 2.17. The van der Waals surface area contributed by atoms with Gasteiger partial charge in [0.15, 0.2) is 5.69 Å². The maximum atomic E-state index is 11.1. The van der Waals surface area contributed by atoms with Crippen molar-refractivity contribution >= 4 is 17.3 Å². The lowest BCUT2D eigenvalue weighted by atomic mass is 10.1. The van der Waals surface area contributed by atoms with Gasteiger partial charge in [0.2, 0.25) is 0 Å². The van der Waals surface area contributed by atoms with E-state index in [2.05, 4.69) is 9.58 Å². The lowest BCUT2D eigenvalue weighted by molar-refractivity contribution is 0.0602. The summed E-state index contributed by atoms with van der Waals surface area (Å²) in [5.74, 6) is -0.525. The summed E-state index contributed by atoms with van der Waals surface area (Å²) in [7, 11) is 1.27. The molecule has 0 saturated heterocycles. The van der Waals surface area contributed by atoms with E-state index in [1.54, 1.807) is 6.07 Å². The molecule has 2 N–H and O–H groups in total. The van der Waals surface area contributed by atoms with Crippen LogP contribution in [-0.2, 0) is 4.74 Å². The summed E-state index contributed by atoms with van der Waals surface area (Å²) in [6.45, 7) is 6.74. The van der Waals surface area contributed by atoms with E-state index in [0.717, 1.165) is 0 Å². The highest BCUT2D eigenvalue weighted by Gasteiger charge is 2.09. The first-order chi connectivity index (χ1) is 6.19. The number of benzene rings is 1. The fourth-order valence-corrected chi connectivity index (χ4v) is 0.901. The first-order valence-electron chi connectivity index (χ1n) is 3.54. The topological polar surface area (TPSA) is 56.7 Å². The van der Waals surface area contributed by atoms with E-state index in [-0.39, 0.29) is 5.56 Å². The first-order valence-corrected chi connectivity index (χ1v) is 3.54. The monoisotopic (exact) mass is 176 g/mol. The van der Waals surface area contributed by atoms with Crippen LogP contribution in [0.2, 0.25) is 0 Å². The van der Waals surface area contributed by atoms with E-state index >= 15 is 0 Å². The number of carbonyl (C=O) groups excluding carboxylic acids is 1. The quantitative estimate of drug-likeness (QED) is 0.401. The van der Waals surface area contributed by atoms with Crippen LogP contribution in [0.4, 0.5) is 11.4 Å². The fraction of sp³-hybridized carbons (Fsp3) is 0.111. The third-order valence-electron chi connectivity index (χ3n) is 1.57. The molecule has 0 aromatic heterocycles. The predicted octanol–water partition coefficient (Wildman–Crippen LogP) is 1.61. The highest BCUT2D eigenvalue weighted by molar-refractivity contribution is 5.96. The Morgan fingerprint density at radius 3 is 2.85 bits per heavy atom. The SMILES string of the molecule is [C-]#[N+]c1ccc(N)c(C(=O)OC)c1. The number of methoxy groups -OCH3 is 1. The molecule has 0 saturated carbocycles. The van der Waals surface area contributed by atoms with Gasteiger partial charge in [0.05, 0.1) is 19.2 Å². The van der Waals surface area contributed by atoms with Crippen LogP contribution in [0.15, 0.2) is 18.2 Å². The largest absolute Gasteiger partial charge is 0.465 e. The van der Waals surface area contributed by atoms with Gasteiger partial charge in [-0.3, -0.25) is 0 Å². The van der Waals surface area contributed by atoms with E-state index in [1.165, 1.54) is 19.2 Å². The number of rotatable bonds is 1. The highest BCUT2D eigenvalue weighted by Crippen LogP contribution is 2.20. The second-order valence-corrected chi connectivity index (χ2v) is 2.37. The summed E-state index contributed by atoms with van der Waals surface area (Å²) >= 11 is 0. The van der Waals surface area contributed by atoms with Gasteiger partial charge in [-0.1, -0.05) is 6.07 Å². The first kappa shape index (κ1) is 9.07. The average molecular weight is 176 g/mol. The minimum absolute atomic E-state index is 0.232. The normalized spacial score (nSPS) is 8.92. The predicted molar refractivity (Wildman–Crippen MR) is 48.5 cm³/mol. The van der Waals surface area contributed by atoms with Gasteiger partial charge < -0.3 is 10.5 Å². The van der Waals surface area contributed by atoms with Gasteiger partial charge in [-0.05, 0) is 12.1 Å². The van der Waals surface area contributed by atoms with E-state index in [4.69, 9.17) is 12.3 Å².